The van der Waals surface area contributed by atoms with Gasteiger partial charge in [0, 0.05) is 23.5 Å². The van der Waals surface area contributed by atoms with Crippen molar-refractivity contribution in [3.05, 3.63) is 36.2 Å². The Morgan fingerprint density at radius 3 is 2.68 bits per heavy atom. The van der Waals surface area contributed by atoms with Crippen LogP contribution in [0.3, 0.4) is 0 Å². The van der Waals surface area contributed by atoms with Gasteiger partial charge in [0.15, 0.2) is 0 Å². The number of aromatic nitrogens is 1. The fourth-order valence-electron chi connectivity index (χ4n) is 3.02. The van der Waals surface area contributed by atoms with Crippen molar-refractivity contribution < 1.29 is 4.74 Å². The van der Waals surface area contributed by atoms with Crippen LogP contribution in [0.1, 0.15) is 37.3 Å². The highest BCUT2D eigenvalue weighted by atomic mass is 16.5. The zero-order valence-corrected chi connectivity index (χ0v) is 11.3. The molecule has 1 aliphatic carbocycles. The third-order valence-electron chi connectivity index (χ3n) is 4.16. The third kappa shape index (κ3) is 2.43. The molecule has 0 unspecified atom stereocenters. The summed E-state index contributed by atoms with van der Waals surface area (Å²) in [5, 5.41) is 2.46. The Labute approximate surface area is 113 Å². The lowest BCUT2D eigenvalue weighted by Gasteiger charge is -2.26. The summed E-state index contributed by atoms with van der Waals surface area (Å²) in [5.74, 6) is 1.45. The lowest BCUT2D eigenvalue weighted by atomic mass is 9.83. The van der Waals surface area contributed by atoms with Crippen LogP contribution in [0.25, 0.3) is 10.8 Å². The molecule has 0 bridgehead atoms. The maximum absolute atomic E-state index is 5.99. The number of fused-ring (bicyclic) bond motifs is 1. The molecule has 1 fully saturated rings. The minimum atomic E-state index is 0.381. The summed E-state index contributed by atoms with van der Waals surface area (Å²) in [6.45, 7) is 0. The molecule has 0 spiro atoms. The molecule has 3 nitrogen and oxygen atoms in total. The summed E-state index contributed by atoms with van der Waals surface area (Å²) in [6.07, 6.45) is 6.43. The van der Waals surface area contributed by atoms with Gasteiger partial charge in [-0.3, -0.25) is 4.98 Å². The van der Waals surface area contributed by atoms with Crippen molar-refractivity contribution in [1.29, 1.82) is 0 Å². The van der Waals surface area contributed by atoms with Gasteiger partial charge in [-0.25, -0.2) is 0 Å². The van der Waals surface area contributed by atoms with Gasteiger partial charge in [-0.05, 0) is 55.3 Å². The van der Waals surface area contributed by atoms with Gasteiger partial charge < -0.3 is 10.5 Å². The molecule has 0 radical (unpaired) electrons. The Bertz CT molecular complexity index is 574. The smallest absolute Gasteiger partial charge is 0.119 e. The minimum Gasteiger partial charge on any atom is -0.497 e. The standard InChI is InChI=1S/C16H20N2O/c1-19-14-6-7-15-12(10-14)8-9-18-16(15)11-2-4-13(17)5-3-11/h6-11,13H,2-5,17H2,1H3. The van der Waals surface area contributed by atoms with E-state index in [1.165, 1.54) is 16.5 Å². The average molecular weight is 256 g/mol. The summed E-state index contributed by atoms with van der Waals surface area (Å²) >= 11 is 0. The topological polar surface area (TPSA) is 48.1 Å². The molecule has 2 aromatic rings. The van der Waals surface area contributed by atoms with Crippen LogP contribution in [0.2, 0.25) is 0 Å². The predicted octanol–water partition coefficient (Wildman–Crippen LogP) is 3.23. The van der Waals surface area contributed by atoms with Crippen LogP contribution in [-0.2, 0) is 0 Å². The highest BCUT2D eigenvalue weighted by Gasteiger charge is 2.22. The van der Waals surface area contributed by atoms with Gasteiger partial charge >= 0.3 is 0 Å². The number of nitrogens with two attached hydrogens (primary N) is 1. The number of hydrogen-bond acceptors (Lipinski definition) is 3. The first-order chi connectivity index (χ1) is 9.28. The van der Waals surface area contributed by atoms with Gasteiger partial charge in [0.2, 0.25) is 0 Å². The number of pyridine rings is 1. The van der Waals surface area contributed by atoms with E-state index in [1.807, 2.05) is 12.3 Å². The van der Waals surface area contributed by atoms with Crippen molar-refractivity contribution in [2.45, 2.75) is 37.6 Å². The third-order valence-corrected chi connectivity index (χ3v) is 4.16. The number of benzene rings is 1. The molecule has 19 heavy (non-hydrogen) atoms. The van der Waals surface area contributed by atoms with E-state index < -0.39 is 0 Å². The first-order valence-corrected chi connectivity index (χ1v) is 6.96. The molecule has 1 aliphatic rings. The van der Waals surface area contributed by atoms with Crippen LogP contribution in [-0.4, -0.2) is 18.1 Å². The van der Waals surface area contributed by atoms with E-state index in [0.29, 0.717) is 12.0 Å². The number of methoxy groups -OCH3 is 1. The Balaban J connectivity index is 1.99. The lowest BCUT2D eigenvalue weighted by Crippen LogP contribution is -2.26. The zero-order chi connectivity index (χ0) is 13.2. The molecular weight excluding hydrogens is 236 g/mol. The van der Waals surface area contributed by atoms with E-state index in [1.54, 1.807) is 7.11 Å². The van der Waals surface area contributed by atoms with Gasteiger partial charge in [-0.2, -0.15) is 0 Å². The predicted molar refractivity (Wildman–Crippen MR) is 77.5 cm³/mol. The van der Waals surface area contributed by atoms with Crippen LogP contribution in [0.4, 0.5) is 0 Å². The van der Waals surface area contributed by atoms with Crippen molar-refractivity contribution in [2.24, 2.45) is 5.73 Å². The summed E-state index contributed by atoms with van der Waals surface area (Å²) in [4.78, 5) is 4.63. The monoisotopic (exact) mass is 256 g/mol. The fraction of sp³-hybridized carbons (Fsp3) is 0.438. The van der Waals surface area contributed by atoms with Crippen LogP contribution in [0.15, 0.2) is 30.5 Å². The quantitative estimate of drug-likeness (QED) is 0.897. The molecule has 0 amide bonds. The lowest BCUT2D eigenvalue weighted by molar-refractivity contribution is 0.392. The average Bonchev–Trinajstić information content (AvgIpc) is 2.47. The molecule has 100 valence electrons. The van der Waals surface area contributed by atoms with Crippen LogP contribution < -0.4 is 10.5 Å². The molecule has 0 atom stereocenters. The molecule has 3 rings (SSSR count). The van der Waals surface area contributed by atoms with Gasteiger partial charge in [0.1, 0.15) is 5.75 Å². The Kier molecular flexibility index (Phi) is 3.38. The number of hydrogen-bond donors (Lipinski definition) is 1. The van der Waals surface area contributed by atoms with Gasteiger partial charge in [0.25, 0.3) is 0 Å². The molecule has 3 heteroatoms. The second kappa shape index (κ2) is 5.17. The zero-order valence-electron chi connectivity index (χ0n) is 11.3. The van der Waals surface area contributed by atoms with E-state index in [-0.39, 0.29) is 0 Å². The van der Waals surface area contributed by atoms with Crippen LogP contribution in [0, 0.1) is 0 Å². The summed E-state index contributed by atoms with van der Waals surface area (Å²) < 4.78 is 5.28. The fourth-order valence-corrected chi connectivity index (χ4v) is 3.02. The van der Waals surface area contributed by atoms with Crippen molar-refractivity contribution in [3.8, 4) is 5.75 Å². The SMILES string of the molecule is COc1ccc2c(C3CCC(N)CC3)nccc2c1. The van der Waals surface area contributed by atoms with Crippen molar-refractivity contribution >= 4 is 10.8 Å². The number of ether oxygens (including phenoxy) is 1. The van der Waals surface area contributed by atoms with E-state index in [2.05, 4.69) is 23.2 Å². The maximum Gasteiger partial charge on any atom is 0.119 e. The molecule has 0 saturated heterocycles. The van der Waals surface area contributed by atoms with Crippen molar-refractivity contribution in [2.75, 3.05) is 7.11 Å². The molecule has 1 aromatic heterocycles. The second-order valence-corrected chi connectivity index (χ2v) is 5.39. The van der Waals surface area contributed by atoms with Crippen molar-refractivity contribution in [1.82, 2.24) is 4.98 Å². The first-order valence-electron chi connectivity index (χ1n) is 6.96. The minimum absolute atomic E-state index is 0.381. The Hall–Kier alpha value is -1.61. The highest BCUT2D eigenvalue weighted by Crippen LogP contribution is 2.35. The molecule has 2 N–H and O–H groups in total. The van der Waals surface area contributed by atoms with E-state index in [0.717, 1.165) is 31.4 Å². The van der Waals surface area contributed by atoms with E-state index in [4.69, 9.17) is 10.5 Å². The van der Waals surface area contributed by atoms with Crippen LogP contribution >= 0.6 is 0 Å². The van der Waals surface area contributed by atoms with Gasteiger partial charge in [-0.1, -0.05) is 0 Å². The highest BCUT2D eigenvalue weighted by molar-refractivity contribution is 5.86. The van der Waals surface area contributed by atoms with Crippen molar-refractivity contribution in [3.63, 3.8) is 0 Å². The maximum atomic E-state index is 5.99. The summed E-state index contributed by atoms with van der Waals surface area (Å²) in [5.41, 5.74) is 7.22. The normalized spacial score (nSPS) is 23.5. The van der Waals surface area contributed by atoms with E-state index in [9.17, 15) is 0 Å². The number of rotatable bonds is 2. The molecular formula is C16H20N2O. The second-order valence-electron chi connectivity index (χ2n) is 5.39. The largest absolute Gasteiger partial charge is 0.497 e. The molecule has 1 saturated carbocycles. The van der Waals surface area contributed by atoms with Gasteiger partial charge in [-0.15, -0.1) is 0 Å². The van der Waals surface area contributed by atoms with Crippen LogP contribution in [0.5, 0.6) is 5.75 Å². The van der Waals surface area contributed by atoms with E-state index >= 15 is 0 Å². The molecule has 1 aromatic carbocycles. The summed E-state index contributed by atoms with van der Waals surface area (Å²) in [7, 11) is 1.70. The number of nitrogens with zero attached hydrogens (tertiary/aromatic N) is 1. The molecule has 1 heterocycles. The first kappa shape index (κ1) is 12.4. The summed E-state index contributed by atoms with van der Waals surface area (Å²) in [6, 6.07) is 8.66. The Morgan fingerprint density at radius 1 is 1.16 bits per heavy atom. The van der Waals surface area contributed by atoms with Gasteiger partial charge in [0.05, 0.1) is 12.8 Å². The Morgan fingerprint density at radius 2 is 1.95 bits per heavy atom. The molecule has 0 aliphatic heterocycles.